The number of nitrogens with zero attached hydrogens (tertiary/aromatic N) is 4. The van der Waals surface area contributed by atoms with Gasteiger partial charge in [0.1, 0.15) is 6.33 Å². The minimum Gasteiger partial charge on any atom is -0.329 e. The van der Waals surface area contributed by atoms with Crippen LogP contribution in [0.5, 0.6) is 0 Å². The molecule has 1 amide bonds. The monoisotopic (exact) mass is 283 g/mol. The molecule has 1 aromatic carbocycles. The number of amides is 1. The Morgan fingerprint density at radius 3 is 3.14 bits per heavy atom. The molecule has 0 spiro atoms. The summed E-state index contributed by atoms with van der Waals surface area (Å²) < 4.78 is 2.00. The molecule has 0 unspecified atom stereocenters. The lowest BCUT2D eigenvalue weighted by Crippen LogP contribution is -2.38. The summed E-state index contributed by atoms with van der Waals surface area (Å²) in [6.45, 7) is 3.88. The van der Waals surface area contributed by atoms with Crippen molar-refractivity contribution in [2.45, 2.75) is 26.1 Å². The Hall–Kier alpha value is -2.21. The fourth-order valence-corrected chi connectivity index (χ4v) is 3.04. The van der Waals surface area contributed by atoms with Crippen LogP contribution in [-0.2, 0) is 26.1 Å². The van der Waals surface area contributed by atoms with Crippen molar-refractivity contribution in [2.75, 3.05) is 13.1 Å². The minimum absolute atomic E-state index is 0.0811. The van der Waals surface area contributed by atoms with E-state index < -0.39 is 0 Å². The van der Waals surface area contributed by atoms with Gasteiger partial charge in [0.2, 0.25) is 0 Å². The van der Waals surface area contributed by atoms with Crippen LogP contribution < -0.4 is 5.32 Å². The maximum Gasteiger partial charge on any atom is 0.254 e. The number of carbonyl (C=O) groups excluding carboxylic acids is 1. The second-order valence-electron chi connectivity index (χ2n) is 5.58. The quantitative estimate of drug-likeness (QED) is 0.831. The highest BCUT2D eigenvalue weighted by Crippen LogP contribution is 2.19. The maximum atomic E-state index is 12.7. The van der Waals surface area contributed by atoms with Crippen LogP contribution in [0.15, 0.2) is 24.5 Å². The number of nitrogens with one attached hydrogen (secondary N) is 1. The fourth-order valence-electron chi connectivity index (χ4n) is 3.04. The molecule has 1 N–H and O–H groups in total. The molecule has 3 heterocycles. The van der Waals surface area contributed by atoms with Crippen LogP contribution in [0.4, 0.5) is 0 Å². The average molecular weight is 283 g/mol. The zero-order valence-electron chi connectivity index (χ0n) is 11.7. The minimum atomic E-state index is 0.0811. The molecule has 0 fully saturated rings. The third kappa shape index (κ3) is 2.21. The van der Waals surface area contributed by atoms with E-state index in [4.69, 9.17) is 0 Å². The molecule has 2 aliphatic heterocycles. The van der Waals surface area contributed by atoms with E-state index in [1.165, 1.54) is 11.1 Å². The third-order valence-corrected chi connectivity index (χ3v) is 4.27. The van der Waals surface area contributed by atoms with Gasteiger partial charge in [0.25, 0.3) is 5.91 Å². The van der Waals surface area contributed by atoms with Crippen LogP contribution in [0.3, 0.4) is 0 Å². The molecule has 0 bridgehead atoms. The molecule has 2 aromatic rings. The summed E-state index contributed by atoms with van der Waals surface area (Å²) in [5.74, 6) is 0.937. The van der Waals surface area contributed by atoms with Crippen molar-refractivity contribution in [3.05, 3.63) is 47.0 Å². The molecule has 0 aliphatic carbocycles. The van der Waals surface area contributed by atoms with Gasteiger partial charge in [0, 0.05) is 25.2 Å². The van der Waals surface area contributed by atoms with E-state index in [9.17, 15) is 4.79 Å². The molecule has 1 aromatic heterocycles. The van der Waals surface area contributed by atoms with E-state index in [1.807, 2.05) is 21.6 Å². The molecule has 108 valence electrons. The summed E-state index contributed by atoms with van der Waals surface area (Å²) in [6.07, 6.45) is 2.76. The van der Waals surface area contributed by atoms with Crippen molar-refractivity contribution in [1.82, 2.24) is 25.0 Å². The molecule has 0 radical (unpaired) electrons. The number of fused-ring (bicyclic) bond motifs is 2. The Balaban J connectivity index is 1.58. The maximum absolute atomic E-state index is 12.7. The van der Waals surface area contributed by atoms with Crippen LogP contribution in [0, 0.1) is 0 Å². The Morgan fingerprint density at radius 2 is 2.19 bits per heavy atom. The third-order valence-electron chi connectivity index (χ3n) is 4.27. The lowest BCUT2D eigenvalue weighted by Gasteiger charge is -2.27. The number of hydrogen-bond donors (Lipinski definition) is 1. The first-order chi connectivity index (χ1) is 10.3. The highest BCUT2D eigenvalue weighted by molar-refractivity contribution is 5.94. The molecule has 0 atom stereocenters. The second kappa shape index (κ2) is 4.96. The molecule has 0 saturated carbocycles. The number of hydrogen-bond acceptors (Lipinski definition) is 4. The second-order valence-corrected chi connectivity index (χ2v) is 5.58. The highest BCUT2D eigenvalue weighted by Gasteiger charge is 2.23. The summed E-state index contributed by atoms with van der Waals surface area (Å²) in [5.41, 5.74) is 3.36. The van der Waals surface area contributed by atoms with Gasteiger partial charge in [-0.3, -0.25) is 4.79 Å². The van der Waals surface area contributed by atoms with Gasteiger partial charge in [0.15, 0.2) is 5.82 Å². The van der Waals surface area contributed by atoms with E-state index >= 15 is 0 Å². The molecular weight excluding hydrogens is 266 g/mol. The number of rotatable bonds is 1. The Bertz CT molecular complexity index is 693. The smallest absolute Gasteiger partial charge is 0.254 e. The van der Waals surface area contributed by atoms with E-state index in [2.05, 4.69) is 21.6 Å². The van der Waals surface area contributed by atoms with Gasteiger partial charge in [0.05, 0.1) is 6.54 Å². The molecule has 6 nitrogen and oxygen atoms in total. The van der Waals surface area contributed by atoms with Crippen molar-refractivity contribution < 1.29 is 4.79 Å². The van der Waals surface area contributed by atoms with Gasteiger partial charge in [-0.05, 0) is 36.2 Å². The van der Waals surface area contributed by atoms with Crippen molar-refractivity contribution in [2.24, 2.45) is 0 Å². The van der Waals surface area contributed by atoms with Crippen LogP contribution in [0.2, 0.25) is 0 Å². The lowest BCUT2D eigenvalue weighted by atomic mass is 9.98. The van der Waals surface area contributed by atoms with Crippen LogP contribution in [0.1, 0.15) is 27.3 Å². The molecule has 21 heavy (non-hydrogen) atoms. The Labute approximate surface area is 122 Å². The summed E-state index contributed by atoms with van der Waals surface area (Å²) in [4.78, 5) is 14.5. The molecule has 2 aliphatic rings. The average Bonchev–Trinajstić information content (AvgIpc) is 3.01. The Morgan fingerprint density at radius 1 is 1.24 bits per heavy atom. The Kier molecular flexibility index (Phi) is 2.96. The van der Waals surface area contributed by atoms with E-state index in [0.29, 0.717) is 13.1 Å². The first kappa shape index (κ1) is 12.5. The largest absolute Gasteiger partial charge is 0.329 e. The SMILES string of the molecule is O=C(c1ccc2c(c1)CNCC2)N1CCn2cnnc2C1. The first-order valence-corrected chi connectivity index (χ1v) is 7.30. The zero-order valence-corrected chi connectivity index (χ0v) is 11.7. The molecule has 0 saturated heterocycles. The summed E-state index contributed by atoms with van der Waals surface area (Å²) >= 11 is 0. The van der Waals surface area contributed by atoms with Gasteiger partial charge < -0.3 is 14.8 Å². The first-order valence-electron chi connectivity index (χ1n) is 7.30. The van der Waals surface area contributed by atoms with Crippen LogP contribution >= 0.6 is 0 Å². The van der Waals surface area contributed by atoms with E-state index in [0.717, 1.165) is 37.4 Å². The highest BCUT2D eigenvalue weighted by atomic mass is 16.2. The van der Waals surface area contributed by atoms with Gasteiger partial charge in [-0.2, -0.15) is 0 Å². The molecule has 4 rings (SSSR count). The predicted octanol–water partition coefficient (Wildman–Crippen LogP) is 0.580. The van der Waals surface area contributed by atoms with Crippen molar-refractivity contribution in [1.29, 1.82) is 0 Å². The van der Waals surface area contributed by atoms with Crippen molar-refractivity contribution >= 4 is 5.91 Å². The molecular formula is C15H17N5O. The lowest BCUT2D eigenvalue weighted by molar-refractivity contribution is 0.0707. The van der Waals surface area contributed by atoms with Crippen LogP contribution in [-0.4, -0.2) is 38.7 Å². The summed E-state index contributed by atoms with van der Waals surface area (Å²) in [7, 11) is 0. The summed E-state index contributed by atoms with van der Waals surface area (Å²) in [6, 6.07) is 6.07. The number of carbonyl (C=O) groups is 1. The van der Waals surface area contributed by atoms with Crippen LogP contribution in [0.25, 0.3) is 0 Å². The summed E-state index contributed by atoms with van der Waals surface area (Å²) in [5, 5.41) is 11.3. The standard InChI is InChI=1S/C15H17N5O/c21-15(19-5-6-20-10-17-18-14(20)9-19)12-2-1-11-3-4-16-8-13(11)7-12/h1-2,7,10,16H,3-6,8-9H2. The van der Waals surface area contributed by atoms with Crippen molar-refractivity contribution in [3.63, 3.8) is 0 Å². The predicted molar refractivity (Wildman–Crippen MR) is 76.6 cm³/mol. The molecule has 6 heteroatoms. The van der Waals surface area contributed by atoms with E-state index in [1.54, 1.807) is 6.33 Å². The zero-order chi connectivity index (χ0) is 14.2. The topological polar surface area (TPSA) is 63.1 Å². The number of benzene rings is 1. The van der Waals surface area contributed by atoms with Gasteiger partial charge in [-0.1, -0.05) is 6.07 Å². The van der Waals surface area contributed by atoms with E-state index in [-0.39, 0.29) is 5.91 Å². The van der Waals surface area contributed by atoms with Gasteiger partial charge in [-0.15, -0.1) is 10.2 Å². The normalized spacial score (nSPS) is 17.2. The van der Waals surface area contributed by atoms with Gasteiger partial charge in [-0.25, -0.2) is 0 Å². The van der Waals surface area contributed by atoms with Gasteiger partial charge >= 0.3 is 0 Å². The van der Waals surface area contributed by atoms with Crippen molar-refractivity contribution in [3.8, 4) is 0 Å². The number of aromatic nitrogens is 3. The fraction of sp³-hybridized carbons (Fsp3) is 0.400.